The summed E-state index contributed by atoms with van der Waals surface area (Å²) >= 11 is 17.9. The SMILES string of the molecule is O=c1[nH]c2cc(Cl)c(S(=O)(=O)Nc3ccc(-c4ccc(F)c(Cl)c4F)c(Cl)c3)cc2[nH]c1=O. The topological polar surface area (TPSA) is 112 Å². The van der Waals surface area contributed by atoms with Gasteiger partial charge in [0, 0.05) is 11.1 Å². The van der Waals surface area contributed by atoms with E-state index in [0.29, 0.717) is 0 Å². The number of aromatic amines is 2. The Morgan fingerprint density at radius 3 is 2.03 bits per heavy atom. The Labute approximate surface area is 199 Å². The number of nitrogens with one attached hydrogen (secondary N) is 3. The Morgan fingerprint density at radius 2 is 1.39 bits per heavy atom. The molecule has 3 N–H and O–H groups in total. The molecule has 33 heavy (non-hydrogen) atoms. The maximum atomic E-state index is 14.3. The van der Waals surface area contributed by atoms with Crippen molar-refractivity contribution in [1.82, 2.24) is 9.97 Å². The molecular weight excluding hydrogens is 523 g/mol. The highest BCUT2D eigenvalue weighted by atomic mass is 35.5. The smallest absolute Gasteiger partial charge is 0.314 e. The van der Waals surface area contributed by atoms with Crippen LogP contribution >= 0.6 is 34.8 Å². The number of rotatable bonds is 4. The molecule has 1 aromatic heterocycles. The van der Waals surface area contributed by atoms with Gasteiger partial charge in [-0.05, 0) is 36.4 Å². The van der Waals surface area contributed by atoms with Crippen molar-refractivity contribution >= 4 is 61.5 Å². The molecule has 4 aromatic rings. The largest absolute Gasteiger partial charge is 0.316 e. The van der Waals surface area contributed by atoms with Gasteiger partial charge in [-0.15, -0.1) is 0 Å². The maximum absolute atomic E-state index is 14.3. The monoisotopic (exact) mass is 531 g/mol. The molecule has 0 unspecified atom stereocenters. The second-order valence-electron chi connectivity index (χ2n) is 6.76. The summed E-state index contributed by atoms with van der Waals surface area (Å²) in [5.74, 6) is -1.95. The lowest BCUT2D eigenvalue weighted by molar-refractivity contribution is 0.586. The highest BCUT2D eigenvalue weighted by Crippen LogP contribution is 2.36. The highest BCUT2D eigenvalue weighted by molar-refractivity contribution is 7.92. The second-order valence-corrected chi connectivity index (χ2v) is 9.60. The van der Waals surface area contributed by atoms with Gasteiger partial charge in [0.25, 0.3) is 10.0 Å². The van der Waals surface area contributed by atoms with E-state index in [1.54, 1.807) is 0 Å². The van der Waals surface area contributed by atoms with Crippen LogP contribution in [0.1, 0.15) is 0 Å². The molecule has 170 valence electrons. The van der Waals surface area contributed by atoms with Crippen molar-refractivity contribution in [3.63, 3.8) is 0 Å². The lowest BCUT2D eigenvalue weighted by atomic mass is 10.0. The van der Waals surface area contributed by atoms with Gasteiger partial charge in [-0.25, -0.2) is 17.2 Å². The highest BCUT2D eigenvalue weighted by Gasteiger charge is 2.21. The van der Waals surface area contributed by atoms with E-state index in [1.807, 2.05) is 0 Å². The number of benzene rings is 3. The minimum Gasteiger partial charge on any atom is -0.316 e. The van der Waals surface area contributed by atoms with E-state index in [-0.39, 0.29) is 42.8 Å². The van der Waals surface area contributed by atoms with Gasteiger partial charge in [0.1, 0.15) is 15.7 Å². The summed E-state index contributed by atoms with van der Waals surface area (Å²) in [6.45, 7) is 0. The summed E-state index contributed by atoms with van der Waals surface area (Å²) in [6, 6.07) is 8.26. The molecule has 0 saturated heterocycles. The van der Waals surface area contributed by atoms with Crippen molar-refractivity contribution in [3.05, 3.63) is 89.9 Å². The molecule has 0 atom stereocenters. The van der Waals surface area contributed by atoms with Crippen LogP contribution in [0.2, 0.25) is 15.1 Å². The zero-order chi connectivity index (χ0) is 24.1. The van der Waals surface area contributed by atoms with Crippen LogP contribution in [0.25, 0.3) is 22.2 Å². The molecule has 1 heterocycles. The Morgan fingerprint density at radius 1 is 0.788 bits per heavy atom. The average Bonchev–Trinajstić information content (AvgIpc) is 2.73. The van der Waals surface area contributed by atoms with E-state index in [0.717, 1.165) is 18.2 Å². The summed E-state index contributed by atoms with van der Waals surface area (Å²) in [7, 11) is -4.27. The predicted molar refractivity (Wildman–Crippen MR) is 123 cm³/mol. The molecule has 0 aliphatic carbocycles. The number of hydrogen-bond acceptors (Lipinski definition) is 4. The zero-order valence-electron chi connectivity index (χ0n) is 16.0. The molecule has 7 nitrogen and oxygen atoms in total. The number of sulfonamides is 1. The maximum Gasteiger partial charge on any atom is 0.314 e. The van der Waals surface area contributed by atoms with Crippen LogP contribution in [0.5, 0.6) is 0 Å². The third kappa shape index (κ3) is 4.34. The lowest BCUT2D eigenvalue weighted by Crippen LogP contribution is -2.29. The van der Waals surface area contributed by atoms with E-state index in [9.17, 15) is 26.8 Å². The first kappa shape index (κ1) is 23.2. The van der Waals surface area contributed by atoms with Crippen LogP contribution in [0.4, 0.5) is 14.5 Å². The van der Waals surface area contributed by atoms with Crippen molar-refractivity contribution in [1.29, 1.82) is 0 Å². The molecule has 0 spiro atoms. The summed E-state index contributed by atoms with van der Waals surface area (Å²) in [5.41, 5.74) is -1.60. The summed E-state index contributed by atoms with van der Waals surface area (Å²) in [6.07, 6.45) is 0. The molecular formula is C20H10Cl3F2N3O4S. The Hall–Kier alpha value is -2.92. The third-order valence-corrected chi connectivity index (χ3v) is 7.12. The van der Waals surface area contributed by atoms with Gasteiger partial charge in [0.2, 0.25) is 0 Å². The third-order valence-electron chi connectivity index (χ3n) is 4.61. The van der Waals surface area contributed by atoms with E-state index >= 15 is 0 Å². The van der Waals surface area contributed by atoms with Gasteiger partial charge in [-0.1, -0.05) is 40.9 Å². The molecule has 0 aliphatic heterocycles. The second kappa shape index (κ2) is 8.45. The summed E-state index contributed by atoms with van der Waals surface area (Å²) in [4.78, 5) is 27.2. The Balaban J connectivity index is 1.72. The van der Waals surface area contributed by atoms with Crippen molar-refractivity contribution in [2.45, 2.75) is 4.90 Å². The van der Waals surface area contributed by atoms with Crippen LogP contribution in [-0.2, 0) is 10.0 Å². The standard InChI is InChI=1S/C20H10Cl3F2N3O4S/c21-11-5-8(1-2-9(11)10-3-4-13(24)17(23)18(10)25)28-33(31,32)16-7-15-14(6-12(16)22)26-19(29)20(30)27-15/h1-7,28H,(H,26,29)(H,27,30). The van der Waals surface area contributed by atoms with Crippen molar-refractivity contribution < 1.29 is 17.2 Å². The van der Waals surface area contributed by atoms with Gasteiger partial charge in [0.05, 0.1) is 26.8 Å². The molecule has 0 radical (unpaired) electrons. The fraction of sp³-hybridized carbons (Fsp3) is 0. The number of aromatic nitrogens is 2. The molecule has 0 aliphatic rings. The predicted octanol–water partition coefficient (Wildman–Crippen LogP) is 4.92. The van der Waals surface area contributed by atoms with E-state index in [1.165, 1.54) is 24.3 Å². The van der Waals surface area contributed by atoms with Crippen LogP contribution in [0.3, 0.4) is 0 Å². The van der Waals surface area contributed by atoms with Gasteiger partial charge in [-0.3, -0.25) is 14.3 Å². The molecule has 0 bridgehead atoms. The minimum absolute atomic E-state index is 0.0171. The van der Waals surface area contributed by atoms with Crippen molar-refractivity contribution in [2.75, 3.05) is 4.72 Å². The normalized spacial score (nSPS) is 11.7. The van der Waals surface area contributed by atoms with Gasteiger partial charge in [0.15, 0.2) is 5.82 Å². The first-order valence-electron chi connectivity index (χ1n) is 8.90. The number of H-pyrrole nitrogens is 2. The van der Waals surface area contributed by atoms with Gasteiger partial charge in [-0.2, -0.15) is 0 Å². The first-order valence-corrected chi connectivity index (χ1v) is 11.5. The van der Waals surface area contributed by atoms with Crippen LogP contribution in [0.15, 0.2) is 56.9 Å². The summed E-state index contributed by atoms with van der Waals surface area (Å²) in [5, 5.41) is -0.953. The number of halogens is 5. The molecule has 4 rings (SSSR count). The van der Waals surface area contributed by atoms with Crippen LogP contribution in [0, 0.1) is 11.6 Å². The first-order chi connectivity index (χ1) is 15.5. The fourth-order valence-electron chi connectivity index (χ4n) is 3.07. The number of anilines is 1. The van der Waals surface area contributed by atoms with Crippen molar-refractivity contribution in [3.8, 4) is 11.1 Å². The van der Waals surface area contributed by atoms with Gasteiger partial charge >= 0.3 is 11.1 Å². The van der Waals surface area contributed by atoms with Crippen LogP contribution in [-0.4, -0.2) is 18.4 Å². The van der Waals surface area contributed by atoms with Crippen molar-refractivity contribution in [2.24, 2.45) is 0 Å². The number of fused-ring (bicyclic) bond motifs is 1. The molecule has 13 heteroatoms. The number of hydrogen-bond donors (Lipinski definition) is 3. The van der Waals surface area contributed by atoms with Gasteiger partial charge < -0.3 is 9.97 Å². The minimum atomic E-state index is -4.27. The zero-order valence-corrected chi connectivity index (χ0v) is 19.1. The summed E-state index contributed by atoms with van der Waals surface area (Å²) < 4.78 is 55.8. The quantitative estimate of drug-likeness (QED) is 0.256. The molecule has 0 amide bonds. The van der Waals surface area contributed by atoms with Crippen LogP contribution < -0.4 is 15.8 Å². The fourth-order valence-corrected chi connectivity index (χ4v) is 5.12. The molecule has 3 aromatic carbocycles. The average molecular weight is 533 g/mol. The lowest BCUT2D eigenvalue weighted by Gasteiger charge is -2.13. The Kier molecular flexibility index (Phi) is 5.95. The van der Waals surface area contributed by atoms with E-state index < -0.39 is 37.8 Å². The van der Waals surface area contributed by atoms with E-state index in [2.05, 4.69) is 14.7 Å². The molecule has 0 saturated carbocycles. The Bertz CT molecular complexity index is 1670. The molecule has 0 fully saturated rings. The van der Waals surface area contributed by atoms with E-state index in [4.69, 9.17) is 34.8 Å².